The lowest BCUT2D eigenvalue weighted by atomic mass is 10.2. The van der Waals surface area contributed by atoms with Crippen molar-refractivity contribution in [2.45, 2.75) is 6.92 Å². The highest BCUT2D eigenvalue weighted by molar-refractivity contribution is 6.43. The van der Waals surface area contributed by atoms with Crippen LogP contribution in [0, 0.1) is 18.3 Å². The van der Waals surface area contributed by atoms with Crippen LogP contribution in [0.15, 0.2) is 58.5 Å². The molecule has 0 atom stereocenters. The fourth-order valence-corrected chi connectivity index (χ4v) is 3.00. The maximum atomic E-state index is 12.4. The molecular weight excluding hydrogens is 419 g/mol. The fraction of sp³-hybridized carbons (Fsp3) is 0.0476. The van der Waals surface area contributed by atoms with Gasteiger partial charge in [-0.05, 0) is 48.9 Å². The third kappa shape index (κ3) is 4.40. The first kappa shape index (κ1) is 20.0. The normalized spacial score (nSPS) is 11.2. The predicted molar refractivity (Wildman–Crippen MR) is 113 cm³/mol. The first-order valence-corrected chi connectivity index (χ1v) is 9.26. The number of nitrogens with zero attached hydrogens (tertiary/aromatic N) is 1. The van der Waals surface area contributed by atoms with Gasteiger partial charge in [0.1, 0.15) is 23.2 Å². The summed E-state index contributed by atoms with van der Waals surface area (Å²) in [5, 5.41) is 13.3. The molecule has 0 spiro atoms. The van der Waals surface area contributed by atoms with E-state index in [-0.39, 0.29) is 5.57 Å². The van der Waals surface area contributed by atoms with Crippen LogP contribution in [0.4, 0.5) is 5.69 Å². The van der Waals surface area contributed by atoms with Crippen LogP contribution in [0.3, 0.4) is 0 Å². The topological polar surface area (TPSA) is 66.0 Å². The number of carbonyl (C=O) groups excluding carboxylic acids is 1. The first-order chi connectivity index (χ1) is 13.4. The smallest absolute Gasteiger partial charge is 0.266 e. The van der Waals surface area contributed by atoms with Crippen molar-refractivity contribution in [1.29, 1.82) is 5.26 Å². The summed E-state index contributed by atoms with van der Waals surface area (Å²) in [6.45, 7) is 1.86. The number of nitrogens with one attached hydrogen (secondary N) is 1. The van der Waals surface area contributed by atoms with Crippen LogP contribution < -0.4 is 5.32 Å². The van der Waals surface area contributed by atoms with Gasteiger partial charge in [0, 0.05) is 22.3 Å². The molecule has 0 radical (unpaired) electrons. The molecule has 0 saturated carbocycles. The van der Waals surface area contributed by atoms with E-state index in [0.717, 1.165) is 5.56 Å². The van der Waals surface area contributed by atoms with E-state index in [4.69, 9.17) is 39.2 Å². The molecule has 1 heterocycles. The molecular formula is C21H13Cl3N2O2. The van der Waals surface area contributed by atoms with E-state index < -0.39 is 5.91 Å². The molecule has 3 rings (SSSR count). The van der Waals surface area contributed by atoms with Crippen molar-refractivity contribution in [3.05, 3.63) is 80.5 Å². The number of anilines is 1. The van der Waals surface area contributed by atoms with E-state index in [0.29, 0.717) is 37.8 Å². The highest BCUT2D eigenvalue weighted by Gasteiger charge is 2.14. The van der Waals surface area contributed by atoms with Crippen LogP contribution in [0.2, 0.25) is 15.1 Å². The maximum absolute atomic E-state index is 12.4. The molecule has 4 nitrogen and oxygen atoms in total. The SMILES string of the molecule is Cc1ccc(NC(=O)C(C#N)=Cc2ccc(-c3cccc(Cl)c3Cl)o2)cc1Cl. The number of furan rings is 1. The number of benzene rings is 2. The zero-order chi connectivity index (χ0) is 20.3. The van der Waals surface area contributed by atoms with Gasteiger partial charge in [0.2, 0.25) is 0 Å². The molecule has 28 heavy (non-hydrogen) atoms. The Labute approximate surface area is 176 Å². The summed E-state index contributed by atoms with van der Waals surface area (Å²) in [7, 11) is 0. The van der Waals surface area contributed by atoms with Gasteiger partial charge < -0.3 is 9.73 Å². The van der Waals surface area contributed by atoms with Gasteiger partial charge in [0.25, 0.3) is 5.91 Å². The largest absolute Gasteiger partial charge is 0.457 e. The Morgan fingerprint density at radius 1 is 1.11 bits per heavy atom. The van der Waals surface area contributed by atoms with Crippen molar-refractivity contribution in [2.75, 3.05) is 5.32 Å². The molecule has 3 aromatic rings. The van der Waals surface area contributed by atoms with E-state index >= 15 is 0 Å². The highest BCUT2D eigenvalue weighted by atomic mass is 35.5. The Morgan fingerprint density at radius 3 is 2.61 bits per heavy atom. The van der Waals surface area contributed by atoms with Crippen molar-refractivity contribution in [3.8, 4) is 17.4 Å². The summed E-state index contributed by atoms with van der Waals surface area (Å²) < 4.78 is 5.70. The fourth-order valence-electron chi connectivity index (χ4n) is 2.43. The first-order valence-electron chi connectivity index (χ1n) is 8.12. The van der Waals surface area contributed by atoms with Gasteiger partial charge in [-0.15, -0.1) is 0 Å². The molecule has 0 unspecified atom stereocenters. The van der Waals surface area contributed by atoms with Crippen LogP contribution in [-0.4, -0.2) is 5.91 Å². The third-order valence-electron chi connectivity index (χ3n) is 3.93. The second-order valence-electron chi connectivity index (χ2n) is 5.89. The molecule has 0 fully saturated rings. The molecule has 0 bridgehead atoms. The van der Waals surface area contributed by atoms with Gasteiger partial charge in [-0.1, -0.05) is 46.9 Å². The molecule has 0 aliphatic heterocycles. The van der Waals surface area contributed by atoms with Crippen molar-refractivity contribution in [2.24, 2.45) is 0 Å². The number of carbonyl (C=O) groups is 1. The summed E-state index contributed by atoms with van der Waals surface area (Å²) in [6, 6.07) is 15.5. The monoisotopic (exact) mass is 430 g/mol. The Hall–Kier alpha value is -2.71. The van der Waals surface area contributed by atoms with Crippen molar-refractivity contribution in [3.63, 3.8) is 0 Å². The summed E-state index contributed by atoms with van der Waals surface area (Å²) in [5.74, 6) is 0.239. The van der Waals surface area contributed by atoms with E-state index in [9.17, 15) is 10.1 Å². The Balaban J connectivity index is 1.84. The zero-order valence-electron chi connectivity index (χ0n) is 14.6. The summed E-state index contributed by atoms with van der Waals surface area (Å²) in [5.41, 5.74) is 1.88. The number of rotatable bonds is 4. The van der Waals surface area contributed by atoms with Crippen LogP contribution in [0.5, 0.6) is 0 Å². The summed E-state index contributed by atoms with van der Waals surface area (Å²) >= 11 is 18.3. The third-order valence-corrected chi connectivity index (χ3v) is 5.15. The number of amides is 1. The standard InChI is InChI=1S/C21H13Cl3N2O2/c1-12-5-6-14(10-18(12)23)26-21(27)13(11-25)9-15-7-8-19(28-15)16-3-2-4-17(22)20(16)24/h2-10H,1H3,(H,26,27). The zero-order valence-corrected chi connectivity index (χ0v) is 16.9. The van der Waals surface area contributed by atoms with Gasteiger partial charge in [-0.2, -0.15) is 5.26 Å². The Morgan fingerprint density at radius 2 is 1.89 bits per heavy atom. The quantitative estimate of drug-likeness (QED) is 0.366. The van der Waals surface area contributed by atoms with E-state index in [1.165, 1.54) is 6.08 Å². The number of hydrogen-bond acceptors (Lipinski definition) is 3. The van der Waals surface area contributed by atoms with Crippen molar-refractivity contribution >= 4 is 52.5 Å². The number of halogens is 3. The minimum absolute atomic E-state index is 0.116. The summed E-state index contributed by atoms with van der Waals surface area (Å²) in [4.78, 5) is 12.4. The van der Waals surface area contributed by atoms with Gasteiger partial charge in [-0.25, -0.2) is 0 Å². The molecule has 7 heteroatoms. The van der Waals surface area contributed by atoms with Crippen LogP contribution in [-0.2, 0) is 4.79 Å². The Kier molecular flexibility index (Phi) is 6.11. The summed E-state index contributed by atoms with van der Waals surface area (Å²) in [6.07, 6.45) is 1.35. The van der Waals surface area contributed by atoms with Gasteiger partial charge in [0.15, 0.2) is 0 Å². The molecule has 0 aliphatic carbocycles. The van der Waals surface area contributed by atoms with Crippen LogP contribution in [0.1, 0.15) is 11.3 Å². The van der Waals surface area contributed by atoms with E-state index in [1.54, 1.807) is 48.5 Å². The van der Waals surface area contributed by atoms with Crippen molar-refractivity contribution in [1.82, 2.24) is 0 Å². The van der Waals surface area contributed by atoms with Crippen LogP contribution >= 0.6 is 34.8 Å². The molecule has 1 amide bonds. The van der Waals surface area contributed by atoms with Gasteiger partial charge in [0.05, 0.1) is 10.0 Å². The number of aryl methyl sites for hydroxylation is 1. The van der Waals surface area contributed by atoms with Gasteiger partial charge in [-0.3, -0.25) is 4.79 Å². The number of nitriles is 1. The lowest BCUT2D eigenvalue weighted by Gasteiger charge is -2.06. The molecule has 0 saturated heterocycles. The molecule has 0 aliphatic rings. The van der Waals surface area contributed by atoms with E-state index in [1.807, 2.05) is 13.0 Å². The predicted octanol–water partition coefficient (Wildman–Crippen LogP) is 6.76. The lowest BCUT2D eigenvalue weighted by molar-refractivity contribution is -0.112. The lowest BCUT2D eigenvalue weighted by Crippen LogP contribution is -2.13. The van der Waals surface area contributed by atoms with Crippen LogP contribution in [0.25, 0.3) is 17.4 Å². The maximum Gasteiger partial charge on any atom is 0.266 e. The molecule has 1 aromatic heterocycles. The number of hydrogen-bond donors (Lipinski definition) is 1. The van der Waals surface area contributed by atoms with Gasteiger partial charge >= 0.3 is 0 Å². The average molecular weight is 432 g/mol. The average Bonchev–Trinajstić information content (AvgIpc) is 3.13. The Bertz CT molecular complexity index is 1130. The second kappa shape index (κ2) is 8.53. The minimum Gasteiger partial charge on any atom is -0.457 e. The second-order valence-corrected chi connectivity index (χ2v) is 7.08. The molecule has 1 N–H and O–H groups in total. The molecule has 2 aromatic carbocycles. The molecule has 140 valence electrons. The minimum atomic E-state index is -0.568. The van der Waals surface area contributed by atoms with E-state index in [2.05, 4.69) is 5.32 Å². The van der Waals surface area contributed by atoms with Crippen molar-refractivity contribution < 1.29 is 9.21 Å². The highest BCUT2D eigenvalue weighted by Crippen LogP contribution is 2.34.